The van der Waals surface area contributed by atoms with E-state index in [-0.39, 0.29) is 5.91 Å². The number of carbonyl (C=O) groups is 1. The van der Waals surface area contributed by atoms with Crippen LogP contribution in [0.5, 0.6) is 0 Å². The van der Waals surface area contributed by atoms with Crippen LogP contribution in [0.3, 0.4) is 0 Å². The Kier molecular flexibility index (Phi) is 12.3. The van der Waals surface area contributed by atoms with Crippen molar-refractivity contribution in [1.82, 2.24) is 10.2 Å². The maximum Gasteiger partial charge on any atom is 0.221 e. The summed E-state index contributed by atoms with van der Waals surface area (Å²) in [6, 6.07) is 0.700. The number of hydrogen-bond acceptors (Lipinski definition) is 2. The molecule has 1 amide bonds. The molecule has 0 aromatic rings. The van der Waals surface area contributed by atoms with Crippen molar-refractivity contribution in [1.29, 1.82) is 0 Å². The predicted molar refractivity (Wildman–Crippen MR) is 99.7 cm³/mol. The normalized spacial score (nSPS) is 16.6. The third-order valence-corrected chi connectivity index (χ3v) is 5.15. The lowest BCUT2D eigenvalue weighted by atomic mass is 9.99. The molecular formula is C20H40N2O. The number of carbonyl (C=O) groups excluding carboxylic acids is 1. The molecule has 0 bridgehead atoms. The van der Waals surface area contributed by atoms with Crippen molar-refractivity contribution in [3.8, 4) is 0 Å². The molecule has 0 aliphatic carbocycles. The van der Waals surface area contributed by atoms with Crippen molar-refractivity contribution in [2.75, 3.05) is 19.6 Å². The third kappa shape index (κ3) is 10.0. The molecule has 1 heterocycles. The zero-order chi connectivity index (χ0) is 16.8. The fraction of sp³-hybridized carbons (Fsp3) is 0.950. The Bertz CT molecular complexity index is 279. The van der Waals surface area contributed by atoms with Crippen LogP contribution in [-0.2, 0) is 4.79 Å². The summed E-state index contributed by atoms with van der Waals surface area (Å²) in [7, 11) is 0. The zero-order valence-corrected chi connectivity index (χ0v) is 15.7. The van der Waals surface area contributed by atoms with Gasteiger partial charge in [-0.15, -0.1) is 0 Å². The van der Waals surface area contributed by atoms with Crippen molar-refractivity contribution in [2.45, 2.75) is 103 Å². The van der Waals surface area contributed by atoms with Crippen LogP contribution in [0.4, 0.5) is 0 Å². The van der Waals surface area contributed by atoms with E-state index in [0.717, 1.165) is 19.6 Å². The topological polar surface area (TPSA) is 32.3 Å². The number of hydrogen-bond donors (Lipinski definition) is 1. The molecule has 1 fully saturated rings. The number of unbranched alkanes of at least 4 members (excludes halogenated alkanes) is 8. The van der Waals surface area contributed by atoms with Gasteiger partial charge in [-0.3, -0.25) is 9.69 Å². The Balaban J connectivity index is 2.34. The number of amides is 1. The van der Waals surface area contributed by atoms with Crippen molar-refractivity contribution in [3.63, 3.8) is 0 Å². The molecule has 0 atom stereocenters. The fourth-order valence-electron chi connectivity index (χ4n) is 3.63. The van der Waals surface area contributed by atoms with Gasteiger partial charge in [0.1, 0.15) is 0 Å². The van der Waals surface area contributed by atoms with Crippen LogP contribution in [0.25, 0.3) is 0 Å². The summed E-state index contributed by atoms with van der Waals surface area (Å²) in [6.07, 6.45) is 17.0. The summed E-state index contributed by atoms with van der Waals surface area (Å²) in [5, 5.41) is 3.02. The van der Waals surface area contributed by atoms with E-state index in [9.17, 15) is 4.79 Å². The van der Waals surface area contributed by atoms with E-state index < -0.39 is 0 Å². The molecule has 1 aliphatic heterocycles. The standard InChI is InChI=1S/C20H40N2O/c1-3-5-7-9-11-13-19(14-12-10-8-6-4-2)22-17-15-20(23)21-16-18-22/h19H,3-18H2,1-2H3,(H,21,23). The van der Waals surface area contributed by atoms with Gasteiger partial charge in [-0.05, 0) is 12.8 Å². The summed E-state index contributed by atoms with van der Waals surface area (Å²) >= 11 is 0. The molecule has 0 spiro atoms. The Labute approximate surface area is 144 Å². The quantitative estimate of drug-likeness (QED) is 0.489. The van der Waals surface area contributed by atoms with E-state index in [1.165, 1.54) is 77.0 Å². The highest BCUT2D eigenvalue weighted by Crippen LogP contribution is 2.19. The smallest absolute Gasteiger partial charge is 0.221 e. The van der Waals surface area contributed by atoms with E-state index in [1.54, 1.807) is 0 Å². The second-order valence-electron chi connectivity index (χ2n) is 7.20. The Morgan fingerprint density at radius 3 is 2.00 bits per heavy atom. The van der Waals surface area contributed by atoms with Crippen LogP contribution in [0.1, 0.15) is 97.3 Å². The molecule has 0 aromatic heterocycles. The molecule has 23 heavy (non-hydrogen) atoms. The first-order valence-corrected chi connectivity index (χ1v) is 10.3. The van der Waals surface area contributed by atoms with E-state index in [2.05, 4.69) is 24.1 Å². The highest BCUT2D eigenvalue weighted by atomic mass is 16.1. The van der Waals surface area contributed by atoms with Crippen LogP contribution in [0.2, 0.25) is 0 Å². The second-order valence-corrected chi connectivity index (χ2v) is 7.20. The van der Waals surface area contributed by atoms with E-state index in [1.807, 2.05) is 0 Å². The maximum absolute atomic E-state index is 11.6. The van der Waals surface area contributed by atoms with Gasteiger partial charge < -0.3 is 5.32 Å². The Morgan fingerprint density at radius 2 is 1.43 bits per heavy atom. The van der Waals surface area contributed by atoms with Crippen LogP contribution in [0.15, 0.2) is 0 Å². The zero-order valence-electron chi connectivity index (χ0n) is 15.7. The molecule has 1 saturated heterocycles. The highest BCUT2D eigenvalue weighted by Gasteiger charge is 2.21. The van der Waals surface area contributed by atoms with Gasteiger partial charge in [0.2, 0.25) is 5.91 Å². The molecule has 0 unspecified atom stereocenters. The first-order chi connectivity index (χ1) is 11.3. The van der Waals surface area contributed by atoms with Gasteiger partial charge in [0.15, 0.2) is 0 Å². The number of rotatable bonds is 13. The van der Waals surface area contributed by atoms with Gasteiger partial charge in [0, 0.05) is 32.1 Å². The van der Waals surface area contributed by atoms with Gasteiger partial charge in [-0.25, -0.2) is 0 Å². The first kappa shape index (κ1) is 20.5. The van der Waals surface area contributed by atoms with Gasteiger partial charge in [-0.2, -0.15) is 0 Å². The largest absolute Gasteiger partial charge is 0.355 e. The molecule has 0 radical (unpaired) electrons. The van der Waals surface area contributed by atoms with Crippen LogP contribution in [0, 0.1) is 0 Å². The minimum absolute atomic E-state index is 0.233. The van der Waals surface area contributed by atoms with E-state index in [0.29, 0.717) is 12.5 Å². The molecule has 0 saturated carbocycles. The molecular weight excluding hydrogens is 284 g/mol. The number of nitrogens with one attached hydrogen (secondary N) is 1. The van der Waals surface area contributed by atoms with Crippen molar-refractivity contribution >= 4 is 5.91 Å². The van der Waals surface area contributed by atoms with Gasteiger partial charge in [-0.1, -0.05) is 78.1 Å². The number of nitrogens with zero attached hydrogens (tertiary/aromatic N) is 1. The van der Waals surface area contributed by atoms with Gasteiger partial charge in [0.25, 0.3) is 0 Å². The average Bonchev–Trinajstić information content (AvgIpc) is 2.77. The summed E-state index contributed by atoms with van der Waals surface area (Å²) in [6.45, 7) is 7.39. The minimum Gasteiger partial charge on any atom is -0.355 e. The van der Waals surface area contributed by atoms with Crippen molar-refractivity contribution < 1.29 is 4.79 Å². The molecule has 1 aliphatic rings. The molecule has 1 rings (SSSR count). The van der Waals surface area contributed by atoms with Crippen LogP contribution in [-0.4, -0.2) is 36.5 Å². The van der Waals surface area contributed by atoms with Gasteiger partial charge in [0.05, 0.1) is 0 Å². The molecule has 136 valence electrons. The molecule has 1 N–H and O–H groups in total. The SMILES string of the molecule is CCCCCCCC(CCCCCCC)N1CCNC(=O)CC1. The van der Waals surface area contributed by atoms with Crippen molar-refractivity contribution in [3.05, 3.63) is 0 Å². The van der Waals surface area contributed by atoms with Crippen LogP contribution >= 0.6 is 0 Å². The summed E-state index contributed by atoms with van der Waals surface area (Å²) in [5.74, 6) is 0.233. The first-order valence-electron chi connectivity index (χ1n) is 10.3. The lowest BCUT2D eigenvalue weighted by molar-refractivity contribution is -0.120. The summed E-state index contributed by atoms with van der Waals surface area (Å²) < 4.78 is 0. The summed E-state index contributed by atoms with van der Waals surface area (Å²) in [5.41, 5.74) is 0. The molecule has 3 nitrogen and oxygen atoms in total. The molecule has 3 heteroatoms. The fourth-order valence-corrected chi connectivity index (χ4v) is 3.63. The van der Waals surface area contributed by atoms with E-state index >= 15 is 0 Å². The highest BCUT2D eigenvalue weighted by molar-refractivity contribution is 5.76. The second kappa shape index (κ2) is 13.8. The third-order valence-electron chi connectivity index (χ3n) is 5.15. The molecule has 0 aromatic carbocycles. The monoisotopic (exact) mass is 324 g/mol. The Hall–Kier alpha value is -0.570. The van der Waals surface area contributed by atoms with Crippen LogP contribution < -0.4 is 5.32 Å². The maximum atomic E-state index is 11.6. The average molecular weight is 325 g/mol. The summed E-state index contributed by atoms with van der Waals surface area (Å²) in [4.78, 5) is 14.2. The van der Waals surface area contributed by atoms with Gasteiger partial charge >= 0.3 is 0 Å². The minimum atomic E-state index is 0.233. The lowest BCUT2D eigenvalue weighted by Crippen LogP contribution is -2.38. The predicted octanol–water partition coefficient (Wildman–Crippen LogP) is 4.90. The van der Waals surface area contributed by atoms with Crippen molar-refractivity contribution in [2.24, 2.45) is 0 Å². The lowest BCUT2D eigenvalue weighted by Gasteiger charge is -2.30. The Morgan fingerprint density at radius 1 is 0.870 bits per heavy atom. The van der Waals surface area contributed by atoms with E-state index in [4.69, 9.17) is 0 Å².